The van der Waals surface area contributed by atoms with Gasteiger partial charge in [-0.05, 0) is 30.3 Å². The summed E-state index contributed by atoms with van der Waals surface area (Å²) < 4.78 is 13.3. The fourth-order valence-corrected chi connectivity index (χ4v) is 1.65. The third-order valence-corrected chi connectivity index (χ3v) is 2.76. The van der Waals surface area contributed by atoms with E-state index in [1.807, 2.05) is 0 Å². The van der Waals surface area contributed by atoms with Crippen molar-refractivity contribution in [2.45, 2.75) is 6.54 Å². The molecule has 0 saturated carbocycles. The van der Waals surface area contributed by atoms with Gasteiger partial charge < -0.3 is 5.32 Å². The van der Waals surface area contributed by atoms with Crippen molar-refractivity contribution in [3.63, 3.8) is 0 Å². The van der Waals surface area contributed by atoms with E-state index in [4.69, 9.17) is 11.6 Å². The van der Waals surface area contributed by atoms with Crippen LogP contribution in [-0.2, 0) is 6.54 Å². The maximum atomic E-state index is 13.3. The van der Waals surface area contributed by atoms with E-state index in [0.717, 1.165) is 0 Å². The Morgan fingerprint density at radius 2 is 1.78 bits per heavy atom. The number of benzene rings is 2. The largest absolute Gasteiger partial charge is 0.348 e. The zero-order valence-electron chi connectivity index (χ0n) is 9.49. The molecule has 4 heteroatoms. The van der Waals surface area contributed by atoms with Crippen molar-refractivity contribution in [1.29, 1.82) is 0 Å². The quantitative estimate of drug-likeness (QED) is 0.903. The van der Waals surface area contributed by atoms with Gasteiger partial charge in [-0.2, -0.15) is 0 Å². The van der Waals surface area contributed by atoms with E-state index in [2.05, 4.69) is 5.32 Å². The predicted octanol–water partition coefficient (Wildman–Crippen LogP) is 3.41. The lowest BCUT2D eigenvalue weighted by molar-refractivity contribution is 0.0950. The van der Waals surface area contributed by atoms with Gasteiger partial charge >= 0.3 is 0 Å². The molecule has 1 N–H and O–H groups in total. The van der Waals surface area contributed by atoms with Crippen LogP contribution in [0.5, 0.6) is 0 Å². The van der Waals surface area contributed by atoms with Crippen molar-refractivity contribution in [2.24, 2.45) is 0 Å². The normalized spacial score (nSPS) is 10.1. The molecule has 0 spiro atoms. The molecule has 0 fully saturated rings. The van der Waals surface area contributed by atoms with E-state index in [-0.39, 0.29) is 18.3 Å². The summed E-state index contributed by atoms with van der Waals surface area (Å²) in [5, 5.41) is 3.22. The van der Waals surface area contributed by atoms with Crippen LogP contribution >= 0.6 is 11.6 Å². The second-order valence-electron chi connectivity index (χ2n) is 3.78. The molecule has 0 aliphatic rings. The number of hydrogen-bond donors (Lipinski definition) is 1. The van der Waals surface area contributed by atoms with Crippen molar-refractivity contribution in [2.75, 3.05) is 0 Å². The standard InChI is InChI=1S/C14H11ClFNO/c15-12-7-5-10(6-8-12)14(18)17-9-11-3-1-2-4-13(11)16/h1-8H,9H2,(H,17,18). The van der Waals surface area contributed by atoms with Crippen LogP contribution < -0.4 is 5.32 Å². The van der Waals surface area contributed by atoms with E-state index >= 15 is 0 Å². The molecule has 0 heterocycles. The lowest BCUT2D eigenvalue weighted by atomic mass is 10.2. The molecule has 2 aromatic rings. The maximum Gasteiger partial charge on any atom is 0.251 e. The van der Waals surface area contributed by atoms with Crippen molar-refractivity contribution in [3.8, 4) is 0 Å². The Labute approximate surface area is 109 Å². The number of carbonyl (C=O) groups excluding carboxylic acids is 1. The van der Waals surface area contributed by atoms with Crippen LogP contribution in [-0.4, -0.2) is 5.91 Å². The summed E-state index contributed by atoms with van der Waals surface area (Å²) in [5.41, 5.74) is 0.954. The summed E-state index contributed by atoms with van der Waals surface area (Å²) in [7, 11) is 0. The minimum Gasteiger partial charge on any atom is -0.348 e. The minimum atomic E-state index is -0.325. The molecule has 0 aromatic heterocycles. The Bertz CT molecular complexity index is 554. The molecular formula is C14H11ClFNO. The molecule has 0 bridgehead atoms. The van der Waals surface area contributed by atoms with Crippen LogP contribution in [0.25, 0.3) is 0 Å². The number of hydrogen-bond acceptors (Lipinski definition) is 1. The third-order valence-electron chi connectivity index (χ3n) is 2.50. The zero-order chi connectivity index (χ0) is 13.0. The Morgan fingerprint density at radius 1 is 1.11 bits per heavy atom. The molecular weight excluding hydrogens is 253 g/mol. The second-order valence-corrected chi connectivity index (χ2v) is 4.22. The van der Waals surface area contributed by atoms with E-state index in [1.165, 1.54) is 6.07 Å². The molecule has 0 atom stereocenters. The van der Waals surface area contributed by atoms with Crippen LogP contribution in [0.15, 0.2) is 48.5 Å². The highest BCUT2D eigenvalue weighted by Crippen LogP contribution is 2.10. The number of nitrogens with one attached hydrogen (secondary N) is 1. The fourth-order valence-electron chi connectivity index (χ4n) is 1.52. The zero-order valence-corrected chi connectivity index (χ0v) is 10.2. The van der Waals surface area contributed by atoms with Gasteiger partial charge in [-0.1, -0.05) is 29.8 Å². The first-order chi connectivity index (χ1) is 8.66. The number of amides is 1. The van der Waals surface area contributed by atoms with Crippen molar-refractivity contribution in [1.82, 2.24) is 5.32 Å². The summed E-state index contributed by atoms with van der Waals surface area (Å²) in [6, 6.07) is 12.9. The average molecular weight is 264 g/mol. The topological polar surface area (TPSA) is 29.1 Å². The van der Waals surface area contributed by atoms with Crippen molar-refractivity contribution >= 4 is 17.5 Å². The van der Waals surface area contributed by atoms with Gasteiger partial charge in [0.1, 0.15) is 5.82 Å². The molecule has 2 aromatic carbocycles. The van der Waals surface area contributed by atoms with Crippen LogP contribution in [0.1, 0.15) is 15.9 Å². The molecule has 1 amide bonds. The molecule has 0 radical (unpaired) electrons. The van der Waals surface area contributed by atoms with Gasteiger partial charge in [-0.3, -0.25) is 4.79 Å². The minimum absolute atomic E-state index is 0.161. The van der Waals surface area contributed by atoms with Gasteiger partial charge in [0.2, 0.25) is 0 Å². The Balaban J connectivity index is 2.01. The first-order valence-electron chi connectivity index (χ1n) is 5.44. The molecule has 2 rings (SSSR count). The van der Waals surface area contributed by atoms with Crippen molar-refractivity contribution in [3.05, 3.63) is 70.5 Å². The number of rotatable bonds is 3. The Kier molecular flexibility index (Phi) is 3.95. The van der Waals surface area contributed by atoms with Gasteiger partial charge in [0.25, 0.3) is 5.91 Å². The number of halogens is 2. The molecule has 0 aliphatic heterocycles. The van der Waals surface area contributed by atoms with E-state index in [9.17, 15) is 9.18 Å². The van der Waals surface area contributed by atoms with E-state index < -0.39 is 0 Å². The Morgan fingerprint density at radius 3 is 2.44 bits per heavy atom. The van der Waals surface area contributed by atoms with Crippen LogP contribution in [0, 0.1) is 5.82 Å². The maximum absolute atomic E-state index is 13.3. The van der Waals surface area contributed by atoms with Gasteiger partial charge in [-0.15, -0.1) is 0 Å². The number of carbonyl (C=O) groups is 1. The third kappa shape index (κ3) is 3.08. The lowest BCUT2D eigenvalue weighted by Crippen LogP contribution is -2.23. The average Bonchev–Trinajstić information content (AvgIpc) is 2.38. The van der Waals surface area contributed by atoms with Gasteiger partial charge in [-0.25, -0.2) is 4.39 Å². The highest BCUT2D eigenvalue weighted by molar-refractivity contribution is 6.30. The van der Waals surface area contributed by atoms with E-state index in [0.29, 0.717) is 16.1 Å². The van der Waals surface area contributed by atoms with E-state index in [1.54, 1.807) is 42.5 Å². The monoisotopic (exact) mass is 263 g/mol. The predicted molar refractivity (Wildman–Crippen MR) is 69.0 cm³/mol. The smallest absolute Gasteiger partial charge is 0.251 e. The summed E-state index contributed by atoms with van der Waals surface area (Å²) in [6.45, 7) is 0.161. The molecule has 18 heavy (non-hydrogen) atoms. The van der Waals surface area contributed by atoms with Crippen LogP contribution in [0.2, 0.25) is 5.02 Å². The van der Waals surface area contributed by atoms with Crippen molar-refractivity contribution < 1.29 is 9.18 Å². The summed E-state index contributed by atoms with van der Waals surface area (Å²) >= 11 is 5.73. The molecule has 0 unspecified atom stereocenters. The van der Waals surface area contributed by atoms with Gasteiger partial charge in [0.05, 0.1) is 0 Å². The highest BCUT2D eigenvalue weighted by atomic mass is 35.5. The molecule has 0 saturated heterocycles. The van der Waals surface area contributed by atoms with Gasteiger partial charge in [0, 0.05) is 22.7 Å². The van der Waals surface area contributed by atoms with Gasteiger partial charge in [0.15, 0.2) is 0 Å². The summed E-state index contributed by atoms with van der Waals surface area (Å²) in [5.74, 6) is -0.580. The SMILES string of the molecule is O=C(NCc1ccccc1F)c1ccc(Cl)cc1. The summed E-state index contributed by atoms with van der Waals surface area (Å²) in [6.07, 6.45) is 0. The first-order valence-corrected chi connectivity index (χ1v) is 5.82. The molecule has 0 aliphatic carbocycles. The van der Waals surface area contributed by atoms with Crippen LogP contribution in [0.3, 0.4) is 0 Å². The fraction of sp³-hybridized carbons (Fsp3) is 0.0714. The summed E-state index contributed by atoms with van der Waals surface area (Å²) in [4.78, 5) is 11.8. The Hall–Kier alpha value is -1.87. The second kappa shape index (κ2) is 5.65. The lowest BCUT2D eigenvalue weighted by Gasteiger charge is -2.06. The first kappa shape index (κ1) is 12.6. The molecule has 2 nitrogen and oxygen atoms in total. The molecule has 92 valence electrons. The van der Waals surface area contributed by atoms with Crippen LogP contribution in [0.4, 0.5) is 4.39 Å². The highest BCUT2D eigenvalue weighted by Gasteiger charge is 2.06.